The molecular weight excluding hydrogens is 427 g/mol. The maximum atomic E-state index is 14.9. The van der Waals surface area contributed by atoms with Crippen molar-refractivity contribution < 1.29 is 19.0 Å². The van der Waals surface area contributed by atoms with E-state index in [4.69, 9.17) is 10.5 Å². The molecule has 3 heterocycles. The molecule has 1 aromatic carbocycles. The van der Waals surface area contributed by atoms with Crippen molar-refractivity contribution in [1.29, 1.82) is 0 Å². The Hall–Kier alpha value is -2.82. The molecule has 0 spiro atoms. The van der Waals surface area contributed by atoms with Crippen LogP contribution in [-0.2, 0) is 11.3 Å². The van der Waals surface area contributed by atoms with E-state index in [1.165, 1.54) is 25.3 Å². The maximum absolute atomic E-state index is 14.9. The molecule has 0 bridgehead atoms. The summed E-state index contributed by atoms with van der Waals surface area (Å²) in [5, 5.41) is 13.5. The highest BCUT2D eigenvalue weighted by Gasteiger charge is 2.44. The molecule has 4 rings (SSSR count). The zero-order chi connectivity index (χ0) is 23.8. The van der Waals surface area contributed by atoms with Crippen LogP contribution >= 0.6 is 0 Å². The summed E-state index contributed by atoms with van der Waals surface area (Å²) in [7, 11) is 0. The first-order valence-corrected chi connectivity index (χ1v) is 11.1. The molecule has 2 atom stereocenters. The number of nitrogens with one attached hydrogen (secondary N) is 1. The molecule has 4 N–H and O–H groups in total. The number of hydrogen-bond donors (Lipinski definition) is 3. The number of hydrogen-bond acceptors (Lipinski definition) is 8. The van der Waals surface area contributed by atoms with Crippen LogP contribution in [0.3, 0.4) is 0 Å². The Kier molecular flexibility index (Phi) is 6.26. The first kappa shape index (κ1) is 23.3. The van der Waals surface area contributed by atoms with Gasteiger partial charge >= 0.3 is 6.09 Å². The second kappa shape index (κ2) is 8.85. The lowest BCUT2D eigenvalue weighted by molar-refractivity contribution is 0.0475. The third-order valence-electron chi connectivity index (χ3n) is 6.32. The van der Waals surface area contributed by atoms with Crippen LogP contribution in [0, 0.1) is 5.82 Å². The van der Waals surface area contributed by atoms with Crippen LogP contribution in [0.15, 0.2) is 30.5 Å². The smallest absolute Gasteiger partial charge is 0.418 e. The van der Waals surface area contributed by atoms with Gasteiger partial charge in [-0.15, -0.1) is 0 Å². The van der Waals surface area contributed by atoms with Crippen molar-refractivity contribution in [3.8, 4) is 0 Å². The minimum Gasteiger partial charge on any atom is -0.444 e. The van der Waals surface area contributed by atoms with Gasteiger partial charge in [0.05, 0.1) is 6.04 Å². The first-order valence-electron chi connectivity index (χ1n) is 11.1. The van der Waals surface area contributed by atoms with E-state index in [9.17, 15) is 14.3 Å². The van der Waals surface area contributed by atoms with Crippen LogP contribution in [-0.4, -0.2) is 57.0 Å². The number of carbonyl (C=O) groups excluding carboxylic acids is 1. The van der Waals surface area contributed by atoms with Crippen LogP contribution in [0.1, 0.15) is 50.8 Å². The topological polar surface area (TPSA) is 117 Å². The fourth-order valence-corrected chi connectivity index (χ4v) is 4.11. The number of aliphatic hydroxyl groups is 1. The van der Waals surface area contributed by atoms with E-state index in [1.54, 1.807) is 0 Å². The average molecular weight is 459 g/mol. The van der Waals surface area contributed by atoms with Gasteiger partial charge in [0.1, 0.15) is 18.2 Å². The number of piperidine rings is 1. The van der Waals surface area contributed by atoms with Crippen LogP contribution in [0.25, 0.3) is 0 Å². The van der Waals surface area contributed by atoms with Crippen molar-refractivity contribution in [2.75, 3.05) is 29.9 Å². The molecule has 9 nitrogen and oxygen atoms in total. The van der Waals surface area contributed by atoms with E-state index in [0.29, 0.717) is 12.1 Å². The standard InChI is InChI=1S/C23H31FN6O3/c1-15(27-20-26-9-6-19(28-20)30-21(31)33-14-23(30,3)32)16-4-5-17(18(24)12-16)13-29-10-7-22(2,25)8-11-29/h4-6,9,12,15,32H,7-8,10-11,13-14,25H2,1-3H3,(H,26,27,28)/t15-,23-/m0/s1. The fraction of sp³-hybridized carbons (Fsp3) is 0.522. The highest BCUT2D eigenvalue weighted by molar-refractivity contribution is 5.89. The lowest BCUT2D eigenvalue weighted by Gasteiger charge is -2.36. The second-order valence-electron chi connectivity index (χ2n) is 9.49. The Morgan fingerprint density at radius 2 is 2.03 bits per heavy atom. The summed E-state index contributed by atoms with van der Waals surface area (Å²) in [6.45, 7) is 7.53. The average Bonchev–Trinajstić information content (AvgIpc) is 3.03. The Balaban J connectivity index is 1.42. The van der Waals surface area contributed by atoms with E-state index in [-0.39, 0.29) is 35.8 Å². The van der Waals surface area contributed by atoms with Crippen LogP contribution in [0.4, 0.5) is 21.0 Å². The molecule has 33 heavy (non-hydrogen) atoms. The van der Waals surface area contributed by atoms with Gasteiger partial charge < -0.3 is 20.9 Å². The van der Waals surface area contributed by atoms with E-state index in [0.717, 1.165) is 36.4 Å². The van der Waals surface area contributed by atoms with Crippen molar-refractivity contribution in [2.45, 2.75) is 57.5 Å². The number of nitrogens with two attached hydrogens (primary N) is 1. The van der Waals surface area contributed by atoms with Crippen molar-refractivity contribution in [1.82, 2.24) is 14.9 Å². The molecule has 2 fully saturated rings. The van der Waals surface area contributed by atoms with Gasteiger partial charge in [-0.2, -0.15) is 4.98 Å². The number of anilines is 2. The molecular formula is C23H31FN6O3. The summed E-state index contributed by atoms with van der Waals surface area (Å²) in [6, 6.07) is 6.45. The number of nitrogens with zero attached hydrogens (tertiary/aromatic N) is 4. The van der Waals surface area contributed by atoms with Gasteiger partial charge in [0.2, 0.25) is 5.95 Å². The van der Waals surface area contributed by atoms with Gasteiger partial charge in [0.15, 0.2) is 5.72 Å². The number of halogens is 1. The monoisotopic (exact) mass is 458 g/mol. The molecule has 2 saturated heterocycles. The van der Waals surface area contributed by atoms with Crippen LogP contribution in [0.5, 0.6) is 0 Å². The number of benzene rings is 1. The SMILES string of the molecule is C[C@H](Nc1nccc(N2C(=O)OC[C@]2(C)O)n1)c1ccc(CN2CCC(C)(N)CC2)c(F)c1. The third kappa shape index (κ3) is 5.23. The highest BCUT2D eigenvalue weighted by atomic mass is 19.1. The number of carbonyl (C=O) groups is 1. The Morgan fingerprint density at radius 3 is 2.67 bits per heavy atom. The van der Waals surface area contributed by atoms with Crippen LogP contribution in [0.2, 0.25) is 0 Å². The van der Waals surface area contributed by atoms with Gasteiger partial charge in [-0.1, -0.05) is 12.1 Å². The van der Waals surface area contributed by atoms with E-state index >= 15 is 0 Å². The molecule has 0 radical (unpaired) electrons. The number of amides is 1. The first-order chi connectivity index (χ1) is 15.5. The van der Waals surface area contributed by atoms with Crippen molar-refractivity contribution in [3.05, 3.63) is 47.4 Å². The normalized spacial score (nSPS) is 23.9. The highest BCUT2D eigenvalue weighted by Crippen LogP contribution is 2.28. The molecule has 0 unspecified atom stereocenters. The summed E-state index contributed by atoms with van der Waals surface area (Å²) >= 11 is 0. The molecule has 178 valence electrons. The second-order valence-corrected chi connectivity index (χ2v) is 9.49. The quantitative estimate of drug-likeness (QED) is 0.605. The minimum absolute atomic E-state index is 0.135. The molecule has 10 heteroatoms. The summed E-state index contributed by atoms with van der Waals surface area (Å²) < 4.78 is 19.8. The fourth-order valence-electron chi connectivity index (χ4n) is 4.11. The van der Waals surface area contributed by atoms with Gasteiger partial charge in [0.25, 0.3) is 0 Å². The Bertz CT molecular complexity index is 1020. The van der Waals surface area contributed by atoms with Crippen molar-refractivity contribution in [3.63, 3.8) is 0 Å². The third-order valence-corrected chi connectivity index (χ3v) is 6.32. The van der Waals surface area contributed by atoms with Crippen molar-refractivity contribution >= 4 is 17.9 Å². The van der Waals surface area contributed by atoms with Crippen LogP contribution < -0.4 is 16.0 Å². The summed E-state index contributed by atoms with van der Waals surface area (Å²) in [5.74, 6) is 0.203. The molecule has 0 aliphatic carbocycles. The predicted octanol–water partition coefficient (Wildman–Crippen LogP) is 2.77. The number of rotatable bonds is 6. The molecule has 2 aliphatic rings. The summed E-state index contributed by atoms with van der Waals surface area (Å²) in [4.78, 5) is 23.8. The molecule has 1 aromatic heterocycles. The van der Waals surface area contributed by atoms with Gasteiger partial charge in [-0.05, 0) is 51.3 Å². The number of aromatic nitrogens is 2. The Morgan fingerprint density at radius 1 is 1.30 bits per heavy atom. The Labute approximate surface area is 192 Å². The van der Waals surface area contributed by atoms with E-state index in [1.807, 2.05) is 19.1 Å². The number of likely N-dealkylation sites (tertiary alicyclic amines) is 1. The maximum Gasteiger partial charge on any atom is 0.418 e. The number of ether oxygens (including phenoxy) is 1. The lowest BCUT2D eigenvalue weighted by Crippen LogP contribution is -2.47. The number of cyclic esters (lactones) is 1. The molecule has 0 saturated carbocycles. The van der Waals surface area contributed by atoms with Gasteiger partial charge in [-0.3, -0.25) is 4.90 Å². The zero-order valence-electron chi connectivity index (χ0n) is 19.2. The van der Waals surface area contributed by atoms with Gasteiger partial charge in [0, 0.05) is 36.9 Å². The molecule has 2 aromatic rings. The van der Waals surface area contributed by atoms with Crippen molar-refractivity contribution in [2.24, 2.45) is 5.73 Å². The molecule has 1 amide bonds. The summed E-state index contributed by atoms with van der Waals surface area (Å²) in [6.07, 6.45) is 2.60. The molecule has 2 aliphatic heterocycles. The summed E-state index contributed by atoms with van der Waals surface area (Å²) in [5.41, 5.74) is 5.95. The van der Waals surface area contributed by atoms with Gasteiger partial charge in [-0.25, -0.2) is 19.1 Å². The van der Waals surface area contributed by atoms with E-state index < -0.39 is 11.8 Å². The zero-order valence-corrected chi connectivity index (χ0v) is 19.2. The largest absolute Gasteiger partial charge is 0.444 e. The lowest BCUT2D eigenvalue weighted by atomic mass is 9.91. The minimum atomic E-state index is -1.50. The predicted molar refractivity (Wildman–Crippen MR) is 122 cm³/mol. The van der Waals surface area contributed by atoms with E-state index in [2.05, 4.69) is 27.1 Å².